The van der Waals surface area contributed by atoms with Crippen LogP contribution in [0.25, 0.3) is 12.3 Å². The molecule has 160 valence electrons. The van der Waals surface area contributed by atoms with Crippen LogP contribution in [0.5, 0.6) is 11.5 Å². The zero-order chi connectivity index (χ0) is 21.4. The molecule has 0 atom stereocenters. The van der Waals surface area contributed by atoms with Gasteiger partial charge >= 0.3 is 0 Å². The number of fused-ring (bicyclic) bond motifs is 2. The van der Waals surface area contributed by atoms with Gasteiger partial charge in [-0.05, 0) is 23.4 Å². The molecule has 3 heterocycles. The van der Waals surface area contributed by atoms with Crippen molar-refractivity contribution in [2.24, 2.45) is 5.92 Å². The molecule has 1 saturated heterocycles. The predicted octanol–water partition coefficient (Wildman–Crippen LogP) is 0.472. The van der Waals surface area contributed by atoms with Crippen LogP contribution in [0.4, 0.5) is 10.1 Å². The molecule has 3 aliphatic rings. The van der Waals surface area contributed by atoms with Gasteiger partial charge in [-0.15, -0.1) is 0 Å². The van der Waals surface area contributed by atoms with Gasteiger partial charge in [-0.25, -0.2) is 4.39 Å². The zero-order valence-corrected chi connectivity index (χ0v) is 16.8. The summed E-state index contributed by atoms with van der Waals surface area (Å²) in [6, 6.07) is 8.55. The van der Waals surface area contributed by atoms with Crippen LogP contribution in [0.2, 0.25) is 0 Å². The third-order valence-corrected chi connectivity index (χ3v) is 5.65. The average molecular weight is 423 g/mol. The fourth-order valence-electron chi connectivity index (χ4n) is 3.90. The highest BCUT2D eigenvalue weighted by molar-refractivity contribution is 5.97. The maximum Gasteiger partial charge on any atom is 0.256 e. The fourth-order valence-corrected chi connectivity index (χ4v) is 3.90. The van der Waals surface area contributed by atoms with Crippen LogP contribution in [-0.4, -0.2) is 56.0 Å². The van der Waals surface area contributed by atoms with E-state index in [4.69, 9.17) is 9.47 Å². The largest absolute Gasteiger partial charge is 0.493 e. The van der Waals surface area contributed by atoms with Crippen molar-refractivity contribution in [2.75, 3.05) is 44.7 Å². The SMILES string of the molecule is O=C1CNc2cc(C(=O)N3CC(COc4ccc5c(c4)=CNCC=5)C3)c(F)cc2OC1. The van der Waals surface area contributed by atoms with E-state index in [1.165, 1.54) is 11.3 Å². The Morgan fingerprint density at radius 2 is 2.10 bits per heavy atom. The monoisotopic (exact) mass is 423 g/mol. The summed E-state index contributed by atoms with van der Waals surface area (Å²) in [5, 5.41) is 8.35. The van der Waals surface area contributed by atoms with Crippen LogP contribution in [-0.2, 0) is 4.79 Å². The van der Waals surface area contributed by atoms with Gasteiger partial charge in [-0.2, -0.15) is 0 Å². The van der Waals surface area contributed by atoms with Crippen molar-refractivity contribution in [1.29, 1.82) is 0 Å². The molecule has 2 aromatic rings. The first-order chi connectivity index (χ1) is 15.1. The molecule has 2 N–H and O–H groups in total. The minimum atomic E-state index is -0.657. The molecule has 1 amide bonds. The standard InChI is InChI=1S/C23H22FN3O4/c24-20-7-22-21(26-9-17(28)13-31-22)6-19(20)23(29)27-10-14(11-27)12-30-18-2-1-15-3-4-25-8-16(15)5-18/h1-3,5-8,14,25-26H,4,9-13H2. The molecular weight excluding hydrogens is 401 g/mol. The molecule has 0 radical (unpaired) electrons. The number of benzene rings is 2. The van der Waals surface area contributed by atoms with Gasteiger partial charge in [0.25, 0.3) is 5.91 Å². The van der Waals surface area contributed by atoms with Crippen LogP contribution >= 0.6 is 0 Å². The summed E-state index contributed by atoms with van der Waals surface area (Å²) in [7, 11) is 0. The molecule has 1 fully saturated rings. The number of likely N-dealkylation sites (tertiary alicyclic amines) is 1. The summed E-state index contributed by atoms with van der Waals surface area (Å²) in [6.45, 7) is 2.30. The van der Waals surface area contributed by atoms with E-state index in [0.717, 1.165) is 23.6 Å². The zero-order valence-electron chi connectivity index (χ0n) is 16.8. The third kappa shape index (κ3) is 3.93. The van der Waals surface area contributed by atoms with Gasteiger partial charge in [0.05, 0.1) is 24.4 Å². The second-order valence-corrected chi connectivity index (χ2v) is 7.94. The van der Waals surface area contributed by atoms with E-state index in [9.17, 15) is 14.0 Å². The van der Waals surface area contributed by atoms with Gasteiger partial charge in [-0.3, -0.25) is 9.59 Å². The number of hydrogen-bond donors (Lipinski definition) is 2. The highest BCUT2D eigenvalue weighted by Gasteiger charge is 2.33. The van der Waals surface area contributed by atoms with Crippen molar-refractivity contribution in [3.05, 3.63) is 52.1 Å². The van der Waals surface area contributed by atoms with E-state index >= 15 is 0 Å². The van der Waals surface area contributed by atoms with Crippen molar-refractivity contribution in [2.45, 2.75) is 0 Å². The van der Waals surface area contributed by atoms with E-state index in [1.807, 2.05) is 24.4 Å². The first kappa shape index (κ1) is 19.4. The van der Waals surface area contributed by atoms with Crippen molar-refractivity contribution in [3.63, 3.8) is 0 Å². The normalized spacial score (nSPS) is 17.3. The van der Waals surface area contributed by atoms with Crippen molar-refractivity contribution < 1.29 is 23.5 Å². The number of Topliss-reactive ketones (excluding diaryl/α,β-unsaturated/α-hetero) is 1. The van der Waals surface area contributed by atoms with Crippen molar-refractivity contribution in [3.8, 4) is 11.5 Å². The number of rotatable bonds is 4. The first-order valence-corrected chi connectivity index (χ1v) is 10.2. The lowest BCUT2D eigenvalue weighted by atomic mass is 9.99. The Labute approximate surface area is 178 Å². The molecule has 5 rings (SSSR count). The molecule has 3 aliphatic heterocycles. The number of ether oxygens (including phenoxy) is 2. The number of nitrogens with zero attached hydrogens (tertiary/aromatic N) is 1. The smallest absolute Gasteiger partial charge is 0.256 e. The van der Waals surface area contributed by atoms with Gasteiger partial charge in [0.2, 0.25) is 0 Å². The summed E-state index contributed by atoms with van der Waals surface area (Å²) >= 11 is 0. The fraction of sp³-hybridized carbons (Fsp3) is 0.304. The molecule has 8 heteroatoms. The van der Waals surface area contributed by atoms with E-state index in [-0.39, 0.29) is 42.1 Å². The molecule has 0 aromatic heterocycles. The summed E-state index contributed by atoms with van der Waals surface area (Å²) in [4.78, 5) is 25.9. The lowest BCUT2D eigenvalue weighted by Gasteiger charge is -2.39. The Bertz CT molecular complexity index is 1170. The molecule has 2 aromatic carbocycles. The highest BCUT2D eigenvalue weighted by atomic mass is 19.1. The van der Waals surface area contributed by atoms with Crippen LogP contribution in [0.3, 0.4) is 0 Å². The molecule has 31 heavy (non-hydrogen) atoms. The minimum absolute atomic E-state index is 0.0301. The minimum Gasteiger partial charge on any atom is -0.493 e. The average Bonchev–Trinajstić information content (AvgIpc) is 2.93. The second kappa shape index (κ2) is 7.94. The van der Waals surface area contributed by atoms with Crippen LogP contribution in [0.15, 0.2) is 30.3 Å². The second-order valence-electron chi connectivity index (χ2n) is 7.94. The number of halogens is 1. The molecule has 0 saturated carbocycles. The maximum atomic E-state index is 14.5. The summed E-state index contributed by atoms with van der Waals surface area (Å²) in [6.07, 6.45) is 4.09. The molecule has 7 nitrogen and oxygen atoms in total. The number of anilines is 1. The van der Waals surface area contributed by atoms with Gasteiger partial charge < -0.3 is 25.0 Å². The maximum absolute atomic E-state index is 14.5. The molecule has 0 unspecified atom stereocenters. The van der Waals surface area contributed by atoms with Gasteiger partial charge in [0.15, 0.2) is 5.78 Å². The van der Waals surface area contributed by atoms with Crippen LogP contribution in [0.1, 0.15) is 10.4 Å². The van der Waals surface area contributed by atoms with Gasteiger partial charge in [0, 0.05) is 43.0 Å². The molecule has 0 spiro atoms. The Morgan fingerprint density at radius 3 is 2.97 bits per heavy atom. The lowest BCUT2D eigenvalue weighted by Crippen LogP contribution is -2.52. The number of hydrogen-bond acceptors (Lipinski definition) is 6. The summed E-state index contributed by atoms with van der Waals surface area (Å²) in [5.41, 5.74) is 0.421. The quantitative estimate of drug-likeness (QED) is 0.745. The Kier molecular flexibility index (Phi) is 4.97. The van der Waals surface area contributed by atoms with Crippen LogP contribution in [0, 0.1) is 11.7 Å². The van der Waals surface area contributed by atoms with E-state index < -0.39 is 5.82 Å². The highest BCUT2D eigenvalue weighted by Crippen LogP contribution is 2.31. The number of nitrogens with one attached hydrogen (secondary N) is 2. The van der Waals surface area contributed by atoms with Gasteiger partial charge in [-0.1, -0.05) is 12.1 Å². The third-order valence-electron chi connectivity index (χ3n) is 5.65. The molecule has 0 aliphatic carbocycles. The number of carbonyl (C=O) groups is 2. The van der Waals surface area contributed by atoms with Gasteiger partial charge in [0.1, 0.15) is 23.9 Å². The van der Waals surface area contributed by atoms with Crippen molar-refractivity contribution >= 4 is 29.7 Å². The number of carbonyl (C=O) groups excluding carboxylic acids is 2. The lowest BCUT2D eigenvalue weighted by molar-refractivity contribution is -0.119. The first-order valence-electron chi connectivity index (χ1n) is 10.2. The van der Waals surface area contributed by atoms with E-state index in [1.54, 1.807) is 4.90 Å². The van der Waals surface area contributed by atoms with Crippen molar-refractivity contribution in [1.82, 2.24) is 10.2 Å². The Balaban J connectivity index is 1.19. The topological polar surface area (TPSA) is 79.9 Å². The molecular formula is C23H22FN3O4. The summed E-state index contributed by atoms with van der Waals surface area (Å²) < 4.78 is 25.7. The Morgan fingerprint density at radius 1 is 1.23 bits per heavy atom. The Hall–Kier alpha value is -3.55. The van der Waals surface area contributed by atoms with E-state index in [0.29, 0.717) is 25.4 Å². The summed E-state index contributed by atoms with van der Waals surface area (Å²) in [5.74, 6) is 0.0475. The number of ketones is 1. The van der Waals surface area contributed by atoms with E-state index in [2.05, 4.69) is 16.7 Å². The molecule has 0 bridgehead atoms. The predicted molar refractivity (Wildman–Crippen MR) is 113 cm³/mol. The van der Waals surface area contributed by atoms with Crippen LogP contribution < -0.4 is 30.5 Å². The number of amides is 1.